The summed E-state index contributed by atoms with van der Waals surface area (Å²) < 4.78 is 0. The van der Waals surface area contributed by atoms with Crippen molar-refractivity contribution >= 4 is 23.2 Å². The van der Waals surface area contributed by atoms with Crippen molar-refractivity contribution in [3.8, 4) is 0 Å². The van der Waals surface area contributed by atoms with E-state index in [1.54, 1.807) is 6.07 Å². The molecule has 0 saturated heterocycles. The Bertz CT molecular complexity index is 1050. The van der Waals surface area contributed by atoms with Crippen molar-refractivity contribution in [1.29, 1.82) is 0 Å². The fourth-order valence-electron chi connectivity index (χ4n) is 3.77. The van der Waals surface area contributed by atoms with Gasteiger partial charge in [0.15, 0.2) is 0 Å². The number of nitrogens with one attached hydrogen (secondary N) is 2. The minimum Gasteiger partial charge on any atom is -0.377 e. The summed E-state index contributed by atoms with van der Waals surface area (Å²) >= 11 is 0. The standard InChI is InChI=1S/C27H31N3O2/c1-5-23(21-14-10-7-11-15-21)26(31)29-22-16-17-25(30(3)4)24(18-22)27(32)28-19(2)20-12-8-6-9-13-20/h6-19,23H,5H2,1-4H3,(H,28,32)(H,29,31). The molecule has 3 rings (SSSR count). The Balaban J connectivity index is 1.82. The van der Waals surface area contributed by atoms with Gasteiger partial charge in [-0.1, -0.05) is 67.6 Å². The molecule has 0 radical (unpaired) electrons. The van der Waals surface area contributed by atoms with Crippen LogP contribution in [0.4, 0.5) is 11.4 Å². The molecule has 0 aliphatic heterocycles. The molecule has 166 valence electrons. The number of rotatable bonds is 8. The van der Waals surface area contributed by atoms with Crippen molar-refractivity contribution in [2.45, 2.75) is 32.2 Å². The summed E-state index contributed by atoms with van der Waals surface area (Å²) in [5.41, 5.74) is 3.92. The molecule has 3 aromatic rings. The van der Waals surface area contributed by atoms with Crippen LogP contribution in [0.25, 0.3) is 0 Å². The maximum atomic E-state index is 13.2. The van der Waals surface area contributed by atoms with Crippen LogP contribution in [0.2, 0.25) is 0 Å². The van der Waals surface area contributed by atoms with Crippen LogP contribution >= 0.6 is 0 Å². The lowest BCUT2D eigenvalue weighted by molar-refractivity contribution is -0.117. The molecular formula is C27H31N3O2. The molecule has 0 spiro atoms. The number of amides is 2. The lowest BCUT2D eigenvalue weighted by atomic mass is 9.95. The molecule has 0 aliphatic rings. The first kappa shape index (κ1) is 23.1. The van der Waals surface area contributed by atoms with E-state index in [0.29, 0.717) is 17.7 Å². The van der Waals surface area contributed by atoms with Crippen molar-refractivity contribution in [3.05, 3.63) is 95.6 Å². The second-order valence-electron chi connectivity index (χ2n) is 8.09. The third-order valence-electron chi connectivity index (χ3n) is 5.56. The molecule has 3 aromatic carbocycles. The van der Waals surface area contributed by atoms with Gasteiger partial charge in [-0.2, -0.15) is 0 Å². The zero-order valence-electron chi connectivity index (χ0n) is 19.1. The summed E-state index contributed by atoms with van der Waals surface area (Å²) in [6, 6.07) is 24.9. The number of nitrogens with zero attached hydrogens (tertiary/aromatic N) is 1. The Morgan fingerprint density at radius 2 is 1.47 bits per heavy atom. The third-order valence-corrected chi connectivity index (χ3v) is 5.56. The molecule has 0 bridgehead atoms. The Hall–Kier alpha value is -3.60. The van der Waals surface area contributed by atoms with E-state index in [1.807, 2.05) is 106 Å². The van der Waals surface area contributed by atoms with E-state index in [2.05, 4.69) is 10.6 Å². The molecule has 2 atom stereocenters. The van der Waals surface area contributed by atoms with Gasteiger partial charge in [-0.15, -0.1) is 0 Å². The minimum absolute atomic E-state index is 0.0830. The first-order valence-corrected chi connectivity index (χ1v) is 10.9. The highest BCUT2D eigenvalue weighted by Gasteiger charge is 2.21. The predicted octanol–water partition coefficient (Wildman–Crippen LogP) is 5.38. The maximum Gasteiger partial charge on any atom is 0.253 e. The number of benzene rings is 3. The van der Waals surface area contributed by atoms with Crippen LogP contribution in [0.3, 0.4) is 0 Å². The topological polar surface area (TPSA) is 61.4 Å². The van der Waals surface area contributed by atoms with Crippen molar-refractivity contribution < 1.29 is 9.59 Å². The van der Waals surface area contributed by atoms with Crippen molar-refractivity contribution in [1.82, 2.24) is 5.32 Å². The molecule has 32 heavy (non-hydrogen) atoms. The molecule has 0 aromatic heterocycles. The first-order valence-electron chi connectivity index (χ1n) is 10.9. The van der Waals surface area contributed by atoms with Gasteiger partial charge in [0, 0.05) is 25.5 Å². The maximum absolute atomic E-state index is 13.2. The Morgan fingerprint density at radius 3 is 2.03 bits per heavy atom. The molecule has 0 saturated carbocycles. The van der Waals surface area contributed by atoms with Crippen LogP contribution in [0.1, 0.15) is 53.7 Å². The van der Waals surface area contributed by atoms with Gasteiger partial charge in [0.1, 0.15) is 0 Å². The molecule has 0 fully saturated rings. The zero-order chi connectivity index (χ0) is 23.1. The summed E-state index contributed by atoms with van der Waals surface area (Å²) in [6.45, 7) is 3.95. The highest BCUT2D eigenvalue weighted by Crippen LogP contribution is 2.26. The van der Waals surface area contributed by atoms with Gasteiger partial charge in [0.2, 0.25) is 5.91 Å². The fourth-order valence-corrected chi connectivity index (χ4v) is 3.77. The second kappa shape index (κ2) is 10.6. The molecule has 2 N–H and O–H groups in total. The van der Waals surface area contributed by atoms with Crippen molar-refractivity contribution in [3.63, 3.8) is 0 Å². The number of carbonyl (C=O) groups is 2. The van der Waals surface area contributed by atoms with E-state index < -0.39 is 0 Å². The SMILES string of the molecule is CCC(C(=O)Nc1ccc(N(C)C)c(C(=O)NC(C)c2ccccc2)c1)c1ccccc1. The molecule has 5 heteroatoms. The average Bonchev–Trinajstić information content (AvgIpc) is 2.80. The van der Waals surface area contributed by atoms with Crippen LogP contribution in [-0.4, -0.2) is 25.9 Å². The smallest absolute Gasteiger partial charge is 0.253 e. The van der Waals surface area contributed by atoms with Crippen LogP contribution in [0.15, 0.2) is 78.9 Å². The average molecular weight is 430 g/mol. The molecule has 5 nitrogen and oxygen atoms in total. The molecule has 2 unspecified atom stereocenters. The Morgan fingerprint density at radius 1 is 0.875 bits per heavy atom. The summed E-state index contributed by atoms with van der Waals surface area (Å²) in [5, 5.41) is 6.07. The summed E-state index contributed by atoms with van der Waals surface area (Å²) in [6.07, 6.45) is 0.688. The number of carbonyl (C=O) groups excluding carboxylic acids is 2. The van der Waals surface area contributed by atoms with Gasteiger partial charge in [0.05, 0.1) is 17.5 Å². The Kier molecular flexibility index (Phi) is 7.66. The summed E-state index contributed by atoms with van der Waals surface area (Å²) in [4.78, 5) is 28.0. The van der Waals surface area contributed by atoms with E-state index >= 15 is 0 Å². The van der Waals surface area contributed by atoms with Gasteiger partial charge in [-0.25, -0.2) is 0 Å². The second-order valence-corrected chi connectivity index (χ2v) is 8.09. The lowest BCUT2D eigenvalue weighted by Crippen LogP contribution is -2.28. The monoisotopic (exact) mass is 429 g/mol. The largest absolute Gasteiger partial charge is 0.377 e. The van der Waals surface area contributed by atoms with E-state index in [4.69, 9.17) is 0 Å². The lowest BCUT2D eigenvalue weighted by Gasteiger charge is -2.21. The molecule has 0 heterocycles. The van der Waals surface area contributed by atoms with Gasteiger partial charge in [0.25, 0.3) is 5.91 Å². The van der Waals surface area contributed by atoms with Gasteiger partial charge < -0.3 is 15.5 Å². The quantitative estimate of drug-likeness (QED) is 0.506. The third kappa shape index (κ3) is 5.55. The van der Waals surface area contributed by atoms with Crippen molar-refractivity contribution in [2.24, 2.45) is 0 Å². The van der Waals surface area contributed by atoms with Gasteiger partial charge in [-0.3, -0.25) is 9.59 Å². The normalized spacial score (nSPS) is 12.5. The minimum atomic E-state index is -0.250. The van der Waals surface area contributed by atoms with Crippen LogP contribution < -0.4 is 15.5 Å². The summed E-state index contributed by atoms with van der Waals surface area (Å²) in [7, 11) is 3.79. The number of hydrogen-bond donors (Lipinski definition) is 2. The number of hydrogen-bond acceptors (Lipinski definition) is 3. The van der Waals surface area contributed by atoms with Crippen LogP contribution in [-0.2, 0) is 4.79 Å². The Labute approximate surface area is 190 Å². The number of anilines is 2. The van der Waals surface area contributed by atoms with Gasteiger partial charge >= 0.3 is 0 Å². The van der Waals surface area contributed by atoms with Crippen LogP contribution in [0.5, 0.6) is 0 Å². The molecule has 2 amide bonds. The van der Waals surface area contributed by atoms with Gasteiger partial charge in [-0.05, 0) is 42.7 Å². The first-order chi connectivity index (χ1) is 15.4. The van der Waals surface area contributed by atoms with E-state index in [9.17, 15) is 9.59 Å². The summed E-state index contributed by atoms with van der Waals surface area (Å²) in [5.74, 6) is -0.517. The fraction of sp³-hybridized carbons (Fsp3) is 0.259. The highest BCUT2D eigenvalue weighted by atomic mass is 16.2. The van der Waals surface area contributed by atoms with E-state index in [1.165, 1.54) is 0 Å². The molecular weight excluding hydrogens is 398 g/mol. The highest BCUT2D eigenvalue weighted by molar-refractivity contribution is 6.03. The predicted molar refractivity (Wildman–Crippen MR) is 131 cm³/mol. The molecule has 0 aliphatic carbocycles. The van der Waals surface area contributed by atoms with E-state index in [0.717, 1.165) is 16.8 Å². The van der Waals surface area contributed by atoms with E-state index in [-0.39, 0.29) is 23.8 Å². The zero-order valence-corrected chi connectivity index (χ0v) is 19.1. The van der Waals surface area contributed by atoms with Crippen molar-refractivity contribution in [2.75, 3.05) is 24.3 Å². The van der Waals surface area contributed by atoms with Crippen LogP contribution in [0, 0.1) is 0 Å².